The van der Waals surface area contributed by atoms with Crippen molar-refractivity contribution in [2.75, 3.05) is 6.61 Å². The lowest BCUT2D eigenvalue weighted by atomic mass is 10.2. The van der Waals surface area contributed by atoms with E-state index in [1.54, 1.807) is 18.2 Å². The molecule has 0 atom stereocenters. The summed E-state index contributed by atoms with van der Waals surface area (Å²) < 4.78 is 14.1. The van der Waals surface area contributed by atoms with Crippen molar-refractivity contribution in [3.63, 3.8) is 0 Å². The van der Waals surface area contributed by atoms with E-state index in [9.17, 15) is 4.39 Å². The molecule has 84 valence electrons. The quantitative estimate of drug-likeness (QED) is 0.910. The molecular weight excluding hydrogens is 275 g/mol. The van der Waals surface area contributed by atoms with Gasteiger partial charge >= 0.3 is 0 Å². The lowest BCUT2D eigenvalue weighted by molar-refractivity contribution is 0.298. The summed E-state index contributed by atoms with van der Waals surface area (Å²) in [6.07, 6.45) is 0.460. The van der Waals surface area contributed by atoms with Gasteiger partial charge < -0.3 is 10.1 Å². The predicted molar refractivity (Wildman–Crippen MR) is 62.5 cm³/mol. The van der Waals surface area contributed by atoms with Crippen LogP contribution in [0, 0.1) is 5.82 Å². The Balaban J connectivity index is 2.42. The maximum atomic E-state index is 13.5. The molecule has 1 aromatic carbocycles. The monoisotopic (exact) mass is 284 g/mol. The van der Waals surface area contributed by atoms with Gasteiger partial charge in [0, 0.05) is 13.0 Å². The number of aliphatic hydroxyl groups excluding tert-OH is 1. The zero-order chi connectivity index (χ0) is 11.5. The minimum Gasteiger partial charge on any atom is -0.396 e. The van der Waals surface area contributed by atoms with Crippen LogP contribution in [0.2, 0.25) is 0 Å². The normalized spacial score (nSPS) is 10.7. The number of aromatic nitrogens is 2. The van der Waals surface area contributed by atoms with Gasteiger partial charge in [0.1, 0.15) is 16.2 Å². The first-order chi connectivity index (χ1) is 7.72. The second-order valence-electron chi connectivity index (χ2n) is 3.31. The smallest absolute Gasteiger partial charge is 0.141 e. The van der Waals surface area contributed by atoms with E-state index in [-0.39, 0.29) is 12.4 Å². The van der Waals surface area contributed by atoms with Crippen molar-refractivity contribution in [2.24, 2.45) is 0 Å². The molecule has 2 N–H and O–H groups in total. The number of H-pyrrole nitrogens is 1. The maximum absolute atomic E-state index is 13.5. The van der Waals surface area contributed by atoms with Crippen LogP contribution in [0.5, 0.6) is 0 Å². The molecule has 0 saturated carbocycles. The Morgan fingerprint density at radius 2 is 2.12 bits per heavy atom. The second-order valence-corrected chi connectivity index (χ2v) is 4.06. The molecule has 1 aromatic heterocycles. The predicted octanol–water partition coefficient (Wildman–Crippen LogP) is 2.51. The molecule has 0 bridgehead atoms. The van der Waals surface area contributed by atoms with Gasteiger partial charge in [-0.1, -0.05) is 12.1 Å². The van der Waals surface area contributed by atoms with E-state index in [1.807, 2.05) is 0 Å². The van der Waals surface area contributed by atoms with Crippen molar-refractivity contribution >= 4 is 15.9 Å². The molecule has 0 spiro atoms. The van der Waals surface area contributed by atoms with E-state index in [4.69, 9.17) is 5.11 Å². The Hall–Kier alpha value is -1.20. The molecule has 0 unspecified atom stereocenters. The number of nitrogens with zero attached hydrogens (tertiary/aromatic N) is 1. The third-order valence-electron chi connectivity index (χ3n) is 2.22. The summed E-state index contributed by atoms with van der Waals surface area (Å²) in [4.78, 5) is 7.15. The molecular formula is C11H10BrFN2O. The van der Waals surface area contributed by atoms with Crippen LogP contribution < -0.4 is 0 Å². The summed E-state index contributed by atoms with van der Waals surface area (Å²) in [7, 11) is 0. The molecule has 2 rings (SSSR count). The van der Waals surface area contributed by atoms with Gasteiger partial charge in [-0.05, 0) is 28.1 Å². The highest BCUT2D eigenvalue weighted by molar-refractivity contribution is 9.10. The maximum Gasteiger partial charge on any atom is 0.141 e. The molecule has 0 radical (unpaired) electrons. The van der Waals surface area contributed by atoms with E-state index in [0.29, 0.717) is 22.4 Å². The van der Waals surface area contributed by atoms with E-state index in [1.165, 1.54) is 6.07 Å². The van der Waals surface area contributed by atoms with Gasteiger partial charge in [-0.15, -0.1) is 0 Å². The SMILES string of the molecule is OCCc1[nH]c(-c2ccccc2F)nc1Br. The fraction of sp³-hybridized carbons (Fsp3) is 0.182. The van der Waals surface area contributed by atoms with Crippen molar-refractivity contribution < 1.29 is 9.50 Å². The Labute approximate surface area is 100 Å². The van der Waals surface area contributed by atoms with Crippen molar-refractivity contribution in [2.45, 2.75) is 6.42 Å². The zero-order valence-electron chi connectivity index (χ0n) is 8.37. The number of halogens is 2. The molecule has 1 heterocycles. The fourth-order valence-electron chi connectivity index (χ4n) is 1.45. The highest BCUT2D eigenvalue weighted by Gasteiger charge is 2.11. The molecule has 0 aliphatic carbocycles. The summed E-state index contributed by atoms with van der Waals surface area (Å²) in [5.41, 5.74) is 1.19. The number of nitrogens with one attached hydrogen (secondary N) is 1. The molecule has 0 amide bonds. The average Bonchev–Trinajstić information content (AvgIpc) is 2.61. The largest absolute Gasteiger partial charge is 0.396 e. The number of aromatic amines is 1. The van der Waals surface area contributed by atoms with Crippen LogP contribution in [-0.2, 0) is 6.42 Å². The van der Waals surface area contributed by atoms with Gasteiger partial charge in [0.25, 0.3) is 0 Å². The molecule has 16 heavy (non-hydrogen) atoms. The van der Waals surface area contributed by atoms with E-state index >= 15 is 0 Å². The highest BCUT2D eigenvalue weighted by atomic mass is 79.9. The molecule has 2 aromatic rings. The summed E-state index contributed by atoms with van der Waals surface area (Å²) in [5.74, 6) is 0.146. The van der Waals surface area contributed by atoms with Gasteiger partial charge in [0.2, 0.25) is 0 Å². The van der Waals surface area contributed by atoms with Crippen LogP contribution >= 0.6 is 15.9 Å². The minimum atomic E-state index is -0.320. The van der Waals surface area contributed by atoms with E-state index < -0.39 is 0 Å². The van der Waals surface area contributed by atoms with Crippen LogP contribution in [0.25, 0.3) is 11.4 Å². The third kappa shape index (κ3) is 2.15. The summed E-state index contributed by atoms with van der Waals surface area (Å²) in [5, 5.41) is 8.84. The lowest BCUT2D eigenvalue weighted by Crippen LogP contribution is -1.91. The van der Waals surface area contributed by atoms with Gasteiger partial charge in [0.05, 0.1) is 11.3 Å². The van der Waals surface area contributed by atoms with Gasteiger partial charge in [-0.3, -0.25) is 0 Å². The van der Waals surface area contributed by atoms with Crippen LogP contribution in [0.1, 0.15) is 5.69 Å². The molecule has 3 nitrogen and oxygen atoms in total. The van der Waals surface area contributed by atoms with Gasteiger partial charge in [-0.2, -0.15) is 0 Å². The van der Waals surface area contributed by atoms with Crippen molar-refractivity contribution in [1.29, 1.82) is 0 Å². The van der Waals surface area contributed by atoms with E-state index in [2.05, 4.69) is 25.9 Å². The van der Waals surface area contributed by atoms with Crippen LogP contribution in [0.3, 0.4) is 0 Å². The molecule has 0 aliphatic heterocycles. The van der Waals surface area contributed by atoms with Crippen LogP contribution in [-0.4, -0.2) is 21.7 Å². The number of aliphatic hydroxyl groups is 1. The number of rotatable bonds is 3. The van der Waals surface area contributed by atoms with Crippen molar-refractivity contribution in [3.05, 3.63) is 40.4 Å². The molecule has 5 heteroatoms. The fourth-order valence-corrected chi connectivity index (χ4v) is 1.92. The number of benzene rings is 1. The number of hydrogen-bond donors (Lipinski definition) is 2. The minimum absolute atomic E-state index is 0.0253. The average molecular weight is 285 g/mol. The topological polar surface area (TPSA) is 48.9 Å². The first-order valence-electron chi connectivity index (χ1n) is 4.82. The zero-order valence-corrected chi connectivity index (χ0v) is 9.96. The summed E-state index contributed by atoms with van der Waals surface area (Å²) in [6, 6.07) is 6.42. The number of hydrogen-bond acceptors (Lipinski definition) is 2. The molecule has 0 saturated heterocycles. The molecule has 0 aliphatic rings. The van der Waals surface area contributed by atoms with Gasteiger partial charge in [0.15, 0.2) is 0 Å². The first-order valence-corrected chi connectivity index (χ1v) is 5.62. The van der Waals surface area contributed by atoms with Gasteiger partial charge in [-0.25, -0.2) is 9.37 Å². The first kappa shape index (κ1) is 11.3. The highest BCUT2D eigenvalue weighted by Crippen LogP contribution is 2.23. The Morgan fingerprint density at radius 3 is 2.81 bits per heavy atom. The Kier molecular flexibility index (Phi) is 3.36. The van der Waals surface area contributed by atoms with Crippen LogP contribution in [0.4, 0.5) is 4.39 Å². The summed E-state index contributed by atoms with van der Waals surface area (Å²) >= 11 is 3.26. The standard InChI is InChI=1S/C11H10BrFN2O/c12-10-9(5-6-16)14-11(15-10)7-3-1-2-4-8(7)13/h1-4,16H,5-6H2,(H,14,15). The van der Waals surface area contributed by atoms with Crippen molar-refractivity contribution in [1.82, 2.24) is 9.97 Å². The third-order valence-corrected chi connectivity index (χ3v) is 2.87. The van der Waals surface area contributed by atoms with Crippen LogP contribution in [0.15, 0.2) is 28.9 Å². The Bertz CT molecular complexity index is 498. The van der Waals surface area contributed by atoms with Crippen molar-refractivity contribution in [3.8, 4) is 11.4 Å². The summed E-state index contributed by atoms with van der Waals surface area (Å²) in [6.45, 7) is 0.0253. The second kappa shape index (κ2) is 4.76. The lowest BCUT2D eigenvalue weighted by Gasteiger charge is -1.97. The molecule has 0 fully saturated rings. The number of imidazole rings is 1. The van der Waals surface area contributed by atoms with E-state index in [0.717, 1.165) is 5.69 Å². The Morgan fingerprint density at radius 1 is 1.38 bits per heavy atom.